The zero-order chi connectivity index (χ0) is 13.8. The van der Waals surface area contributed by atoms with Crippen molar-refractivity contribution in [1.29, 1.82) is 0 Å². The van der Waals surface area contributed by atoms with Crippen molar-refractivity contribution in [3.05, 3.63) is 12.3 Å². The van der Waals surface area contributed by atoms with E-state index in [1.807, 2.05) is 0 Å². The number of rotatable bonds is 7. The third-order valence-electron chi connectivity index (χ3n) is 3.21. The summed E-state index contributed by atoms with van der Waals surface area (Å²) in [6, 6.07) is 1.30. The Balaban J connectivity index is 2.66. The molecule has 1 aromatic rings. The highest BCUT2D eigenvalue weighted by atomic mass is 32.2. The molecule has 1 rings (SSSR count). The molecule has 6 nitrogen and oxygen atoms in total. The molecule has 0 aromatic carbocycles. The minimum absolute atomic E-state index is 0.152. The summed E-state index contributed by atoms with van der Waals surface area (Å²) in [6.07, 6.45) is 3.35. The summed E-state index contributed by atoms with van der Waals surface area (Å²) in [6.45, 7) is 4.37. The van der Waals surface area contributed by atoms with Gasteiger partial charge >= 0.3 is 0 Å². The lowest BCUT2D eigenvalue weighted by Gasteiger charge is -2.21. The van der Waals surface area contributed by atoms with E-state index in [2.05, 4.69) is 23.7 Å². The van der Waals surface area contributed by atoms with Crippen LogP contribution in [0.3, 0.4) is 0 Å². The average Bonchev–Trinajstić information content (AvgIpc) is 2.75. The first-order valence-corrected chi connectivity index (χ1v) is 7.63. The van der Waals surface area contributed by atoms with Crippen LogP contribution in [0.4, 0.5) is 0 Å². The lowest BCUT2D eigenvalue weighted by Crippen LogP contribution is -2.42. The van der Waals surface area contributed by atoms with Crippen LogP contribution < -0.4 is 10.5 Å². The van der Waals surface area contributed by atoms with Crippen molar-refractivity contribution in [2.24, 2.45) is 18.7 Å². The number of hydrogen-bond donors (Lipinski definition) is 2. The van der Waals surface area contributed by atoms with Crippen molar-refractivity contribution in [2.45, 2.75) is 37.8 Å². The summed E-state index contributed by atoms with van der Waals surface area (Å²) in [5.41, 5.74) is 5.99. The van der Waals surface area contributed by atoms with Gasteiger partial charge in [0.25, 0.3) is 10.0 Å². The van der Waals surface area contributed by atoms with Crippen molar-refractivity contribution in [1.82, 2.24) is 14.5 Å². The van der Waals surface area contributed by atoms with Gasteiger partial charge in [0.05, 0.1) is 6.20 Å². The van der Waals surface area contributed by atoms with Crippen LogP contribution in [-0.4, -0.2) is 30.8 Å². The van der Waals surface area contributed by atoms with Crippen molar-refractivity contribution in [3.8, 4) is 0 Å². The molecule has 7 heteroatoms. The lowest BCUT2D eigenvalue weighted by molar-refractivity contribution is 0.392. The number of sulfonamides is 1. The minimum atomic E-state index is -3.52. The minimum Gasteiger partial charge on any atom is -0.326 e. The van der Waals surface area contributed by atoms with Gasteiger partial charge in [-0.25, -0.2) is 13.1 Å². The molecule has 0 radical (unpaired) electrons. The highest BCUT2D eigenvalue weighted by molar-refractivity contribution is 7.89. The Morgan fingerprint density at radius 2 is 2.06 bits per heavy atom. The number of nitrogens with zero attached hydrogens (tertiary/aromatic N) is 2. The lowest BCUT2D eigenvalue weighted by atomic mass is 9.95. The van der Waals surface area contributed by atoms with Gasteiger partial charge in [-0.05, 0) is 12.0 Å². The van der Waals surface area contributed by atoms with Crippen molar-refractivity contribution < 1.29 is 8.42 Å². The monoisotopic (exact) mass is 274 g/mol. The Kier molecular flexibility index (Phi) is 5.30. The van der Waals surface area contributed by atoms with Crippen LogP contribution in [0.15, 0.2) is 17.3 Å². The molecule has 1 heterocycles. The molecule has 0 bridgehead atoms. The molecule has 0 aliphatic carbocycles. The molecule has 0 saturated heterocycles. The normalized spacial score (nSPS) is 14.1. The van der Waals surface area contributed by atoms with Gasteiger partial charge in [-0.1, -0.05) is 26.7 Å². The highest BCUT2D eigenvalue weighted by Gasteiger charge is 2.21. The molecule has 18 heavy (non-hydrogen) atoms. The summed E-state index contributed by atoms with van der Waals surface area (Å²) < 4.78 is 27.8. The van der Waals surface area contributed by atoms with E-state index in [9.17, 15) is 8.42 Å². The summed E-state index contributed by atoms with van der Waals surface area (Å²) in [5.74, 6) is 0.333. The van der Waals surface area contributed by atoms with E-state index in [1.165, 1.54) is 16.9 Å². The molecule has 0 saturated carbocycles. The third-order valence-corrected chi connectivity index (χ3v) is 4.71. The molecule has 1 unspecified atom stereocenters. The van der Waals surface area contributed by atoms with Gasteiger partial charge in [0.2, 0.25) is 0 Å². The SMILES string of the molecule is CCC(CC)C(N)CNS(=O)(=O)c1ccnn1C. The van der Waals surface area contributed by atoms with Crippen molar-refractivity contribution in [3.63, 3.8) is 0 Å². The van der Waals surface area contributed by atoms with E-state index < -0.39 is 10.0 Å². The quantitative estimate of drug-likeness (QED) is 0.756. The first-order chi connectivity index (χ1) is 8.42. The summed E-state index contributed by atoms with van der Waals surface area (Å²) in [4.78, 5) is 0. The Morgan fingerprint density at radius 3 is 2.50 bits per heavy atom. The maximum Gasteiger partial charge on any atom is 0.257 e. The van der Waals surface area contributed by atoms with Gasteiger partial charge < -0.3 is 5.73 Å². The van der Waals surface area contributed by atoms with Crippen molar-refractivity contribution >= 4 is 10.0 Å². The molecular formula is C11H22N4O2S. The zero-order valence-electron chi connectivity index (χ0n) is 11.1. The average molecular weight is 274 g/mol. The summed E-state index contributed by atoms with van der Waals surface area (Å²) in [5, 5.41) is 4.00. The largest absolute Gasteiger partial charge is 0.326 e. The van der Waals surface area contributed by atoms with Crippen LogP contribution in [0.5, 0.6) is 0 Å². The number of nitrogens with two attached hydrogens (primary N) is 1. The van der Waals surface area contributed by atoms with Crippen LogP contribution in [0.25, 0.3) is 0 Å². The second-order valence-corrected chi connectivity index (χ2v) is 6.10. The Bertz CT molecular complexity index is 465. The molecule has 1 atom stereocenters. The van der Waals surface area contributed by atoms with E-state index in [-0.39, 0.29) is 17.6 Å². The van der Waals surface area contributed by atoms with Crippen LogP contribution in [-0.2, 0) is 17.1 Å². The first kappa shape index (κ1) is 15.1. The standard InChI is InChI=1S/C11H22N4O2S/c1-4-9(5-2)10(12)8-14-18(16,17)11-6-7-13-15(11)3/h6-7,9-10,14H,4-5,8,12H2,1-3H3. The molecule has 0 aliphatic heterocycles. The third kappa shape index (κ3) is 3.54. The van der Waals surface area contributed by atoms with E-state index in [0.29, 0.717) is 5.92 Å². The van der Waals surface area contributed by atoms with E-state index >= 15 is 0 Å². The van der Waals surface area contributed by atoms with Crippen molar-refractivity contribution in [2.75, 3.05) is 6.54 Å². The van der Waals surface area contributed by atoms with Gasteiger partial charge in [-0.2, -0.15) is 5.10 Å². The van der Waals surface area contributed by atoms with E-state index in [4.69, 9.17) is 5.73 Å². The Morgan fingerprint density at radius 1 is 1.44 bits per heavy atom. The second kappa shape index (κ2) is 6.31. The molecule has 3 N–H and O–H groups in total. The predicted molar refractivity (Wildman–Crippen MR) is 70.4 cm³/mol. The maximum atomic E-state index is 12.0. The van der Waals surface area contributed by atoms with Gasteiger partial charge in [0.15, 0.2) is 5.03 Å². The summed E-state index contributed by atoms with van der Waals surface area (Å²) in [7, 11) is -1.93. The molecule has 104 valence electrons. The summed E-state index contributed by atoms with van der Waals surface area (Å²) >= 11 is 0. The number of aryl methyl sites for hydroxylation is 1. The Hall–Kier alpha value is -0.920. The van der Waals surface area contributed by atoms with E-state index in [0.717, 1.165) is 12.8 Å². The molecule has 0 aliphatic rings. The fourth-order valence-electron chi connectivity index (χ4n) is 1.97. The van der Waals surface area contributed by atoms with Gasteiger partial charge in [-0.3, -0.25) is 4.68 Å². The van der Waals surface area contributed by atoms with Crippen LogP contribution >= 0.6 is 0 Å². The fourth-order valence-corrected chi connectivity index (χ4v) is 3.16. The van der Waals surface area contributed by atoms with Gasteiger partial charge in [0, 0.05) is 19.6 Å². The molecule has 0 fully saturated rings. The topological polar surface area (TPSA) is 90.0 Å². The molecule has 1 aromatic heterocycles. The molecule has 0 amide bonds. The first-order valence-electron chi connectivity index (χ1n) is 6.15. The Labute approximate surface area is 109 Å². The predicted octanol–water partition coefficient (Wildman–Crippen LogP) is 0.462. The highest BCUT2D eigenvalue weighted by Crippen LogP contribution is 2.12. The number of hydrogen-bond acceptors (Lipinski definition) is 4. The van der Waals surface area contributed by atoms with Crippen LogP contribution in [0.2, 0.25) is 0 Å². The maximum absolute atomic E-state index is 12.0. The smallest absolute Gasteiger partial charge is 0.257 e. The zero-order valence-corrected chi connectivity index (χ0v) is 11.9. The van der Waals surface area contributed by atoms with Crippen LogP contribution in [0, 0.1) is 5.92 Å². The number of nitrogens with one attached hydrogen (secondary N) is 1. The van der Waals surface area contributed by atoms with Crippen LogP contribution in [0.1, 0.15) is 26.7 Å². The molecular weight excluding hydrogens is 252 g/mol. The molecule has 0 spiro atoms. The van der Waals surface area contributed by atoms with E-state index in [1.54, 1.807) is 7.05 Å². The van der Waals surface area contributed by atoms with Gasteiger partial charge in [-0.15, -0.1) is 0 Å². The second-order valence-electron chi connectivity index (χ2n) is 4.39. The van der Waals surface area contributed by atoms with Gasteiger partial charge in [0.1, 0.15) is 0 Å². The number of aromatic nitrogens is 2. The fraction of sp³-hybridized carbons (Fsp3) is 0.727.